The van der Waals surface area contributed by atoms with E-state index in [9.17, 15) is 4.79 Å². The summed E-state index contributed by atoms with van der Waals surface area (Å²) in [5.41, 5.74) is 13.4. The van der Waals surface area contributed by atoms with Crippen molar-refractivity contribution in [2.75, 3.05) is 43.7 Å². The number of nitrogens with zero attached hydrogens (tertiary/aromatic N) is 2. The van der Waals surface area contributed by atoms with Gasteiger partial charge in [0.05, 0.1) is 5.16 Å². The number of rotatable bonds is 4. The lowest BCUT2D eigenvalue weighted by Crippen LogP contribution is -2.55. The number of halogens is 1. The predicted molar refractivity (Wildman–Crippen MR) is 122 cm³/mol. The van der Waals surface area contributed by atoms with Gasteiger partial charge >= 0.3 is 6.03 Å². The van der Waals surface area contributed by atoms with Crippen molar-refractivity contribution in [3.8, 4) is 0 Å². The third-order valence-corrected chi connectivity index (χ3v) is 6.60. The predicted octanol–water partition coefficient (Wildman–Crippen LogP) is 3.51. The number of nitrogens with two attached hydrogens (primary N) is 2. The molecule has 1 aliphatic rings. The molecule has 0 aromatic heterocycles. The Balaban J connectivity index is 2.00. The molecule has 1 fully saturated rings. The first kappa shape index (κ1) is 22.3. The van der Waals surface area contributed by atoms with Crippen molar-refractivity contribution in [1.29, 1.82) is 0 Å². The summed E-state index contributed by atoms with van der Waals surface area (Å²) in [6.45, 7) is 5.79. The Bertz CT molecular complexity index is 766. The van der Waals surface area contributed by atoms with Gasteiger partial charge in [-0.2, -0.15) is 0 Å². The first-order valence-electron chi connectivity index (χ1n) is 9.19. The average molecular weight is 426 g/mol. The summed E-state index contributed by atoms with van der Waals surface area (Å²) in [6, 6.07) is 8.06. The molecule has 5 N–H and O–H groups in total. The van der Waals surface area contributed by atoms with Crippen LogP contribution in [0.1, 0.15) is 13.8 Å². The normalized spacial score (nSPS) is 19.9. The van der Waals surface area contributed by atoms with Crippen molar-refractivity contribution >= 4 is 33.3 Å². The smallest absolute Gasteiger partial charge is 0.322 e. The molecule has 6 nitrogen and oxygen atoms in total. The first-order valence-corrected chi connectivity index (χ1v) is 12.4. The van der Waals surface area contributed by atoms with Gasteiger partial charge in [0.25, 0.3) is 0 Å². The number of piperazine rings is 1. The van der Waals surface area contributed by atoms with E-state index in [-0.39, 0.29) is 17.2 Å². The lowest BCUT2D eigenvalue weighted by Gasteiger charge is -2.41. The van der Waals surface area contributed by atoms with E-state index >= 15 is 0 Å². The topological polar surface area (TPSA) is 87.6 Å². The zero-order chi connectivity index (χ0) is 21.1. The maximum atomic E-state index is 12.7. The molecule has 1 heterocycles. The molecule has 1 aliphatic heterocycles. The van der Waals surface area contributed by atoms with Gasteiger partial charge in [0.1, 0.15) is 5.82 Å². The van der Waals surface area contributed by atoms with Crippen molar-refractivity contribution in [2.45, 2.75) is 24.8 Å². The van der Waals surface area contributed by atoms with E-state index in [0.29, 0.717) is 25.5 Å². The van der Waals surface area contributed by atoms with Gasteiger partial charge in [-0.05, 0) is 73.4 Å². The minimum Gasteiger partial charge on any atom is -0.389 e. The average Bonchev–Trinajstić information content (AvgIpc) is 2.59. The van der Waals surface area contributed by atoms with Crippen LogP contribution in [0.15, 0.2) is 51.8 Å². The second kappa shape index (κ2) is 9.01. The number of carbonyl (C=O) groups is 1. The van der Waals surface area contributed by atoms with Gasteiger partial charge in [-0.25, -0.2) is 14.8 Å². The summed E-state index contributed by atoms with van der Waals surface area (Å²) in [4.78, 5) is 17.9. The largest absolute Gasteiger partial charge is 0.389 e. The molecule has 1 aromatic rings. The molecule has 2 rings (SSSR count). The fourth-order valence-corrected chi connectivity index (χ4v) is 4.27. The third-order valence-electron chi connectivity index (χ3n) is 4.80. The molecule has 1 unspecified atom stereocenters. The monoisotopic (exact) mass is 425 g/mol. The van der Waals surface area contributed by atoms with E-state index < -0.39 is 10.0 Å². The Labute approximate surface area is 174 Å². The van der Waals surface area contributed by atoms with Crippen molar-refractivity contribution < 1.29 is 4.79 Å². The highest BCUT2D eigenvalue weighted by Gasteiger charge is 2.28. The van der Waals surface area contributed by atoms with Gasteiger partial charge in [0.15, 0.2) is 0 Å². The Morgan fingerprint density at radius 3 is 2.32 bits per heavy atom. The summed E-state index contributed by atoms with van der Waals surface area (Å²) in [6.07, 6.45) is 8.40. The van der Waals surface area contributed by atoms with Crippen molar-refractivity contribution in [1.82, 2.24) is 9.80 Å². The lowest BCUT2D eigenvalue weighted by molar-refractivity contribution is 0.127. The zero-order valence-electron chi connectivity index (χ0n) is 17.3. The molecule has 156 valence electrons. The van der Waals surface area contributed by atoms with Crippen molar-refractivity contribution in [3.63, 3.8) is 0 Å². The number of hydrogen-bond acceptors (Lipinski definition) is 4. The SMILES string of the molecule is CC(/C=C(\N)Cl)=C(/N)N1CCN(C(=O)Nc2ccc(S(C)(C)C)cc2)C(C)C1. The van der Waals surface area contributed by atoms with E-state index in [0.717, 1.165) is 11.3 Å². The van der Waals surface area contributed by atoms with Crippen LogP contribution >= 0.6 is 21.6 Å². The Hall–Kier alpha value is -1.99. The van der Waals surface area contributed by atoms with Crippen molar-refractivity contribution in [3.05, 3.63) is 46.9 Å². The Morgan fingerprint density at radius 1 is 1.21 bits per heavy atom. The number of allylic oxidation sites excluding steroid dienone is 2. The minimum absolute atomic E-state index is 0.0238. The molecule has 0 radical (unpaired) electrons. The van der Waals surface area contributed by atoms with Gasteiger partial charge in [0, 0.05) is 31.4 Å². The highest BCUT2D eigenvalue weighted by molar-refractivity contribution is 8.32. The number of amides is 2. The summed E-state index contributed by atoms with van der Waals surface area (Å²) in [5.74, 6) is 0.635. The molecule has 0 spiro atoms. The van der Waals surface area contributed by atoms with Crippen LogP contribution in [0, 0.1) is 0 Å². The third kappa shape index (κ3) is 5.75. The summed E-state index contributed by atoms with van der Waals surface area (Å²) >= 11 is 5.73. The Kier molecular flexibility index (Phi) is 7.17. The van der Waals surface area contributed by atoms with Crippen molar-refractivity contribution in [2.24, 2.45) is 11.5 Å². The van der Waals surface area contributed by atoms with E-state index in [1.165, 1.54) is 4.90 Å². The molecular weight excluding hydrogens is 394 g/mol. The fourth-order valence-electron chi connectivity index (χ4n) is 3.15. The standard InChI is InChI=1S/C20H32ClN5OS/c1-14(12-18(21)22)19(23)25-10-11-26(15(2)13-25)20(27)24-16-6-8-17(9-7-16)28(3,4)5/h6-9,12,15H,10-11,13,22-23H2,1-5H3,(H,24,27)/b18-12-,19-14+. The van der Waals surface area contributed by atoms with Gasteiger partial charge in [-0.1, -0.05) is 11.6 Å². The fraction of sp³-hybridized carbons (Fsp3) is 0.450. The zero-order valence-corrected chi connectivity index (χ0v) is 18.9. The Morgan fingerprint density at radius 2 is 1.82 bits per heavy atom. The number of carbonyl (C=O) groups excluding carboxylic acids is 1. The van der Waals surface area contributed by atoms with E-state index in [1.807, 2.05) is 30.9 Å². The van der Waals surface area contributed by atoms with Crippen LogP contribution in [-0.2, 0) is 0 Å². The van der Waals surface area contributed by atoms with Crippen LogP contribution in [-0.4, -0.2) is 60.3 Å². The quantitative estimate of drug-likeness (QED) is 0.508. The molecule has 1 aromatic carbocycles. The first-order chi connectivity index (χ1) is 13.0. The van der Waals surface area contributed by atoms with Gasteiger partial charge in [-0.15, -0.1) is 0 Å². The van der Waals surface area contributed by atoms with Crippen LogP contribution in [0.3, 0.4) is 0 Å². The number of urea groups is 1. The lowest BCUT2D eigenvalue weighted by atomic mass is 10.1. The number of hydrogen-bond donors (Lipinski definition) is 3. The molecule has 0 bridgehead atoms. The maximum absolute atomic E-state index is 12.7. The van der Waals surface area contributed by atoms with Gasteiger partial charge < -0.3 is 26.6 Å². The molecule has 0 saturated carbocycles. The highest BCUT2D eigenvalue weighted by Crippen LogP contribution is 2.45. The molecular formula is C20H32ClN5OS. The van der Waals surface area contributed by atoms with Crippen LogP contribution in [0.2, 0.25) is 0 Å². The molecule has 8 heteroatoms. The summed E-state index contributed by atoms with van der Waals surface area (Å²) in [7, 11) is -0.771. The molecule has 0 aliphatic carbocycles. The van der Waals surface area contributed by atoms with E-state index in [4.69, 9.17) is 23.1 Å². The van der Waals surface area contributed by atoms with E-state index in [1.54, 1.807) is 6.08 Å². The molecule has 1 saturated heterocycles. The molecule has 28 heavy (non-hydrogen) atoms. The second-order valence-electron chi connectivity index (χ2n) is 7.88. The number of nitrogens with one attached hydrogen (secondary N) is 1. The van der Waals surface area contributed by atoms with Crippen LogP contribution in [0.4, 0.5) is 10.5 Å². The molecule has 1 atom stereocenters. The number of benzene rings is 1. The summed E-state index contributed by atoms with van der Waals surface area (Å²) in [5, 5.41) is 3.20. The maximum Gasteiger partial charge on any atom is 0.322 e. The minimum atomic E-state index is -0.771. The van der Waals surface area contributed by atoms with Gasteiger partial charge in [-0.3, -0.25) is 0 Å². The van der Waals surface area contributed by atoms with Crippen LogP contribution in [0.25, 0.3) is 0 Å². The van der Waals surface area contributed by atoms with Gasteiger partial charge in [0.2, 0.25) is 0 Å². The van der Waals surface area contributed by atoms with Crippen LogP contribution < -0.4 is 16.8 Å². The van der Waals surface area contributed by atoms with E-state index in [2.05, 4.69) is 41.1 Å². The molecule has 2 amide bonds. The summed E-state index contributed by atoms with van der Waals surface area (Å²) < 4.78 is 0. The highest BCUT2D eigenvalue weighted by atomic mass is 35.5. The second-order valence-corrected chi connectivity index (χ2v) is 12.5. The number of anilines is 1. The van der Waals surface area contributed by atoms with Crippen LogP contribution in [0.5, 0.6) is 0 Å².